The first-order valence-corrected chi connectivity index (χ1v) is 7.32. The number of aliphatic hydroxyl groups is 1. The van der Waals surface area contributed by atoms with Crippen LogP contribution in [0.25, 0.3) is 0 Å². The number of ether oxygens (including phenoxy) is 3. The number of benzene rings is 1. The lowest BCUT2D eigenvalue weighted by molar-refractivity contribution is 0.0938. The van der Waals surface area contributed by atoms with Crippen LogP contribution < -0.4 is 9.47 Å². The molecule has 1 amide bonds. The summed E-state index contributed by atoms with van der Waals surface area (Å²) in [6.07, 6.45) is 1.11. The molecule has 1 aromatic rings. The molecule has 6 nitrogen and oxygen atoms in total. The molecule has 0 saturated heterocycles. The number of rotatable bonds is 4. The van der Waals surface area contributed by atoms with Crippen LogP contribution in [0.2, 0.25) is 0 Å². The SMILES string of the molecule is CCC1Cc2c(c(OC)cc(CO)c2OC)CN1C(=O)OC. The highest BCUT2D eigenvalue weighted by molar-refractivity contribution is 5.69. The summed E-state index contributed by atoms with van der Waals surface area (Å²) in [5.41, 5.74) is 2.60. The summed E-state index contributed by atoms with van der Waals surface area (Å²) in [6, 6.07) is 1.80. The highest BCUT2D eigenvalue weighted by Gasteiger charge is 2.33. The molecule has 22 heavy (non-hydrogen) atoms. The summed E-state index contributed by atoms with van der Waals surface area (Å²) in [6.45, 7) is 2.32. The molecule has 0 radical (unpaired) electrons. The molecule has 1 N–H and O–H groups in total. The Morgan fingerprint density at radius 1 is 1.32 bits per heavy atom. The van der Waals surface area contributed by atoms with Gasteiger partial charge in [-0.2, -0.15) is 0 Å². The summed E-state index contributed by atoms with van der Waals surface area (Å²) in [4.78, 5) is 13.7. The molecule has 0 aliphatic carbocycles. The van der Waals surface area contributed by atoms with Crippen molar-refractivity contribution < 1.29 is 24.1 Å². The van der Waals surface area contributed by atoms with E-state index in [0.717, 1.165) is 17.5 Å². The number of fused-ring (bicyclic) bond motifs is 1. The van der Waals surface area contributed by atoms with Crippen molar-refractivity contribution in [2.75, 3.05) is 21.3 Å². The van der Waals surface area contributed by atoms with Gasteiger partial charge in [0.15, 0.2) is 0 Å². The third-order valence-corrected chi connectivity index (χ3v) is 4.22. The zero-order chi connectivity index (χ0) is 16.3. The van der Waals surface area contributed by atoms with Crippen LogP contribution in [0.15, 0.2) is 6.07 Å². The van der Waals surface area contributed by atoms with Gasteiger partial charge in [-0.05, 0) is 18.9 Å². The van der Waals surface area contributed by atoms with Crippen LogP contribution in [-0.4, -0.2) is 43.5 Å². The average molecular weight is 309 g/mol. The Labute approximate surface area is 130 Å². The van der Waals surface area contributed by atoms with E-state index in [2.05, 4.69) is 0 Å². The van der Waals surface area contributed by atoms with Crippen LogP contribution in [0.3, 0.4) is 0 Å². The molecule has 0 spiro atoms. The molecular formula is C16H23NO5. The Bertz CT molecular complexity index is 558. The molecule has 0 aromatic heterocycles. The van der Waals surface area contributed by atoms with Gasteiger partial charge in [0.25, 0.3) is 0 Å². The highest BCUT2D eigenvalue weighted by Crippen LogP contribution is 2.40. The fourth-order valence-electron chi connectivity index (χ4n) is 3.07. The predicted molar refractivity (Wildman–Crippen MR) is 81.2 cm³/mol. The van der Waals surface area contributed by atoms with Crippen molar-refractivity contribution in [3.05, 3.63) is 22.8 Å². The molecule has 0 fully saturated rings. The van der Waals surface area contributed by atoms with Gasteiger partial charge in [-0.3, -0.25) is 0 Å². The number of hydrogen-bond acceptors (Lipinski definition) is 5. The van der Waals surface area contributed by atoms with E-state index in [1.165, 1.54) is 7.11 Å². The molecule has 122 valence electrons. The third kappa shape index (κ3) is 2.70. The van der Waals surface area contributed by atoms with Gasteiger partial charge in [0.2, 0.25) is 0 Å². The maximum Gasteiger partial charge on any atom is 0.410 e. The molecule has 1 unspecified atom stereocenters. The van der Waals surface area contributed by atoms with E-state index in [-0.39, 0.29) is 18.7 Å². The van der Waals surface area contributed by atoms with Crippen molar-refractivity contribution in [1.82, 2.24) is 4.90 Å². The highest BCUT2D eigenvalue weighted by atomic mass is 16.5. The standard InChI is InChI=1S/C16H23NO5/c1-5-11-7-12-13(8-17(11)16(19)22-4)14(20-2)6-10(9-18)15(12)21-3/h6,11,18H,5,7-9H2,1-4H3. The molecule has 1 aliphatic heterocycles. The number of nitrogens with zero attached hydrogens (tertiary/aromatic N) is 1. The number of amides is 1. The van der Waals surface area contributed by atoms with Crippen molar-refractivity contribution in [2.24, 2.45) is 0 Å². The minimum atomic E-state index is -0.343. The smallest absolute Gasteiger partial charge is 0.410 e. The molecule has 2 rings (SSSR count). The van der Waals surface area contributed by atoms with Gasteiger partial charge in [0.05, 0.1) is 34.5 Å². The van der Waals surface area contributed by atoms with Crippen molar-refractivity contribution in [1.29, 1.82) is 0 Å². The van der Waals surface area contributed by atoms with E-state index in [9.17, 15) is 9.90 Å². The van der Waals surface area contributed by atoms with Crippen LogP contribution in [0.1, 0.15) is 30.0 Å². The number of carbonyl (C=O) groups is 1. The normalized spacial score (nSPS) is 17.0. The van der Waals surface area contributed by atoms with Crippen LogP contribution in [0.5, 0.6) is 11.5 Å². The first-order valence-electron chi connectivity index (χ1n) is 7.32. The van der Waals surface area contributed by atoms with Crippen LogP contribution in [-0.2, 0) is 24.3 Å². The Morgan fingerprint density at radius 2 is 2.05 bits per heavy atom. The summed E-state index contributed by atoms with van der Waals surface area (Å²) in [5, 5.41) is 9.55. The van der Waals surface area contributed by atoms with E-state index in [0.29, 0.717) is 30.0 Å². The van der Waals surface area contributed by atoms with Crippen molar-refractivity contribution in [3.63, 3.8) is 0 Å². The quantitative estimate of drug-likeness (QED) is 0.922. The van der Waals surface area contributed by atoms with Crippen LogP contribution in [0, 0.1) is 0 Å². The maximum atomic E-state index is 12.0. The Hall–Kier alpha value is -1.95. The van der Waals surface area contributed by atoms with Gasteiger partial charge in [0.1, 0.15) is 11.5 Å². The fraction of sp³-hybridized carbons (Fsp3) is 0.562. The minimum Gasteiger partial charge on any atom is -0.496 e. The first-order chi connectivity index (χ1) is 10.6. The predicted octanol–water partition coefficient (Wildman–Crippen LogP) is 2.10. The topological polar surface area (TPSA) is 68.2 Å². The second kappa shape index (κ2) is 6.87. The average Bonchev–Trinajstić information content (AvgIpc) is 2.57. The van der Waals surface area contributed by atoms with E-state index in [1.54, 1.807) is 25.2 Å². The van der Waals surface area contributed by atoms with Crippen molar-refractivity contribution in [3.8, 4) is 11.5 Å². The van der Waals surface area contributed by atoms with Gasteiger partial charge in [0, 0.05) is 22.7 Å². The lowest BCUT2D eigenvalue weighted by Crippen LogP contribution is -2.44. The van der Waals surface area contributed by atoms with Crippen LogP contribution in [0.4, 0.5) is 4.79 Å². The van der Waals surface area contributed by atoms with Gasteiger partial charge < -0.3 is 24.2 Å². The van der Waals surface area contributed by atoms with Crippen molar-refractivity contribution in [2.45, 2.75) is 39.0 Å². The molecular weight excluding hydrogens is 286 g/mol. The Kier molecular flexibility index (Phi) is 5.13. The molecule has 6 heteroatoms. The lowest BCUT2D eigenvalue weighted by atomic mass is 9.89. The summed E-state index contributed by atoms with van der Waals surface area (Å²) in [7, 11) is 4.56. The Morgan fingerprint density at radius 3 is 2.55 bits per heavy atom. The second-order valence-electron chi connectivity index (χ2n) is 5.25. The van der Waals surface area contributed by atoms with Crippen molar-refractivity contribution >= 4 is 6.09 Å². The summed E-state index contributed by atoms with van der Waals surface area (Å²) >= 11 is 0. The van der Waals surface area contributed by atoms with E-state index < -0.39 is 0 Å². The lowest BCUT2D eigenvalue weighted by Gasteiger charge is -2.37. The minimum absolute atomic E-state index is 0.0347. The molecule has 1 aromatic carbocycles. The van der Waals surface area contributed by atoms with Gasteiger partial charge >= 0.3 is 6.09 Å². The molecule has 0 bridgehead atoms. The molecule has 1 aliphatic rings. The number of methoxy groups -OCH3 is 3. The van der Waals surface area contributed by atoms with E-state index in [4.69, 9.17) is 14.2 Å². The fourth-order valence-corrected chi connectivity index (χ4v) is 3.07. The summed E-state index contributed by atoms with van der Waals surface area (Å²) in [5.74, 6) is 1.34. The largest absolute Gasteiger partial charge is 0.496 e. The first kappa shape index (κ1) is 16.4. The zero-order valence-corrected chi connectivity index (χ0v) is 13.5. The Balaban J connectivity index is 2.56. The summed E-state index contributed by atoms with van der Waals surface area (Å²) < 4.78 is 15.8. The third-order valence-electron chi connectivity index (χ3n) is 4.22. The number of hydrogen-bond donors (Lipinski definition) is 1. The van der Waals surface area contributed by atoms with E-state index in [1.807, 2.05) is 6.92 Å². The maximum absolute atomic E-state index is 12.0. The van der Waals surface area contributed by atoms with Gasteiger partial charge in [-0.1, -0.05) is 6.92 Å². The van der Waals surface area contributed by atoms with Gasteiger partial charge in [-0.15, -0.1) is 0 Å². The molecule has 1 atom stereocenters. The molecule has 0 saturated carbocycles. The zero-order valence-electron chi connectivity index (χ0n) is 13.5. The second-order valence-corrected chi connectivity index (χ2v) is 5.25. The molecule has 1 heterocycles. The van der Waals surface area contributed by atoms with Gasteiger partial charge in [-0.25, -0.2) is 4.79 Å². The number of carbonyl (C=O) groups excluding carboxylic acids is 1. The van der Waals surface area contributed by atoms with Crippen LogP contribution >= 0.6 is 0 Å². The van der Waals surface area contributed by atoms with E-state index >= 15 is 0 Å². The monoisotopic (exact) mass is 309 g/mol. The number of aliphatic hydroxyl groups excluding tert-OH is 1.